The van der Waals surface area contributed by atoms with Gasteiger partial charge in [-0.2, -0.15) is 0 Å². The Balaban J connectivity index is 0.000000238. The third kappa shape index (κ3) is 7.87. The SMILES string of the molecule is CC(C)OC(=O)c1ccc(O)cc1.CC(O)Oc1ccccc1. The molecule has 1 atom stereocenters. The largest absolute Gasteiger partial charge is 0.508 e. The molecule has 2 N–H and O–H groups in total. The summed E-state index contributed by atoms with van der Waals surface area (Å²) in [4.78, 5) is 11.3. The number of aromatic hydroxyl groups is 1. The monoisotopic (exact) mass is 318 g/mol. The highest BCUT2D eigenvalue weighted by molar-refractivity contribution is 5.89. The van der Waals surface area contributed by atoms with Crippen LogP contribution in [0.2, 0.25) is 0 Å². The van der Waals surface area contributed by atoms with Gasteiger partial charge in [-0.1, -0.05) is 18.2 Å². The van der Waals surface area contributed by atoms with E-state index in [1.807, 2.05) is 18.2 Å². The normalized spacial score (nSPS) is 11.2. The summed E-state index contributed by atoms with van der Waals surface area (Å²) in [6.07, 6.45) is -0.858. The molecule has 0 aliphatic carbocycles. The number of aliphatic hydroxyl groups is 1. The lowest BCUT2D eigenvalue weighted by Crippen LogP contribution is -2.11. The van der Waals surface area contributed by atoms with Crippen LogP contribution in [0.15, 0.2) is 54.6 Å². The van der Waals surface area contributed by atoms with Gasteiger partial charge in [0, 0.05) is 0 Å². The van der Waals surface area contributed by atoms with Crippen LogP contribution in [-0.2, 0) is 4.74 Å². The predicted molar refractivity (Wildman–Crippen MR) is 87.4 cm³/mol. The molecule has 2 aromatic rings. The third-order valence-corrected chi connectivity index (χ3v) is 2.50. The summed E-state index contributed by atoms with van der Waals surface area (Å²) >= 11 is 0. The zero-order valence-corrected chi connectivity index (χ0v) is 13.5. The van der Waals surface area contributed by atoms with Crippen molar-refractivity contribution >= 4 is 5.97 Å². The van der Waals surface area contributed by atoms with Crippen LogP contribution in [0, 0.1) is 0 Å². The maximum Gasteiger partial charge on any atom is 0.338 e. The van der Waals surface area contributed by atoms with Gasteiger partial charge in [0.25, 0.3) is 0 Å². The quantitative estimate of drug-likeness (QED) is 0.668. The molecule has 1 unspecified atom stereocenters. The molecule has 0 heterocycles. The van der Waals surface area contributed by atoms with Crippen molar-refractivity contribution in [1.82, 2.24) is 0 Å². The Morgan fingerprint density at radius 3 is 2.00 bits per heavy atom. The fourth-order valence-corrected chi connectivity index (χ4v) is 1.58. The molecule has 0 aliphatic rings. The zero-order chi connectivity index (χ0) is 17.2. The summed E-state index contributed by atoms with van der Waals surface area (Å²) in [5, 5.41) is 17.8. The lowest BCUT2D eigenvalue weighted by molar-refractivity contribution is -0.000305. The fourth-order valence-electron chi connectivity index (χ4n) is 1.58. The number of phenolic OH excluding ortho intramolecular Hbond substituents is 1. The van der Waals surface area contributed by atoms with Gasteiger partial charge >= 0.3 is 5.97 Å². The second-order valence-corrected chi connectivity index (χ2v) is 5.03. The van der Waals surface area contributed by atoms with Gasteiger partial charge in [-0.05, 0) is 57.2 Å². The van der Waals surface area contributed by atoms with Crippen LogP contribution in [0.5, 0.6) is 11.5 Å². The average Bonchev–Trinajstić information content (AvgIpc) is 2.48. The van der Waals surface area contributed by atoms with Gasteiger partial charge in [0.05, 0.1) is 11.7 Å². The van der Waals surface area contributed by atoms with Crippen molar-refractivity contribution in [3.63, 3.8) is 0 Å². The summed E-state index contributed by atoms with van der Waals surface area (Å²) < 4.78 is 9.93. The molecule has 0 saturated heterocycles. The Kier molecular flexibility index (Phi) is 7.63. The van der Waals surface area contributed by atoms with Gasteiger partial charge in [-0.25, -0.2) is 4.79 Å². The molecule has 0 aliphatic heterocycles. The Morgan fingerprint density at radius 1 is 0.957 bits per heavy atom. The second-order valence-electron chi connectivity index (χ2n) is 5.03. The van der Waals surface area contributed by atoms with Crippen molar-refractivity contribution in [2.75, 3.05) is 0 Å². The van der Waals surface area contributed by atoms with Crippen molar-refractivity contribution < 1.29 is 24.5 Å². The maximum atomic E-state index is 11.3. The molecular formula is C18H22O5. The van der Waals surface area contributed by atoms with Crippen LogP contribution in [0.3, 0.4) is 0 Å². The van der Waals surface area contributed by atoms with E-state index in [9.17, 15) is 4.79 Å². The fraction of sp³-hybridized carbons (Fsp3) is 0.278. The Hall–Kier alpha value is -2.53. The summed E-state index contributed by atoms with van der Waals surface area (Å²) in [5.74, 6) is 0.466. The van der Waals surface area contributed by atoms with E-state index in [0.29, 0.717) is 11.3 Å². The Labute approximate surface area is 136 Å². The number of para-hydroxylation sites is 1. The second kappa shape index (κ2) is 9.48. The van der Waals surface area contributed by atoms with E-state index in [-0.39, 0.29) is 17.8 Å². The van der Waals surface area contributed by atoms with Crippen molar-refractivity contribution in [3.8, 4) is 11.5 Å². The lowest BCUT2D eigenvalue weighted by atomic mass is 10.2. The first-order valence-electron chi connectivity index (χ1n) is 7.28. The Bertz CT molecular complexity index is 576. The molecule has 5 heteroatoms. The van der Waals surface area contributed by atoms with Crippen LogP contribution < -0.4 is 4.74 Å². The molecule has 5 nitrogen and oxygen atoms in total. The van der Waals surface area contributed by atoms with Crippen LogP contribution in [-0.4, -0.2) is 28.6 Å². The van der Waals surface area contributed by atoms with Crippen molar-refractivity contribution in [2.24, 2.45) is 0 Å². The number of phenols is 1. The molecule has 0 bridgehead atoms. The lowest BCUT2D eigenvalue weighted by Gasteiger charge is -2.07. The van der Waals surface area contributed by atoms with Gasteiger partial charge in [0.2, 0.25) is 0 Å². The number of ether oxygens (including phenoxy) is 2. The molecule has 124 valence electrons. The van der Waals surface area contributed by atoms with E-state index in [0.717, 1.165) is 0 Å². The van der Waals surface area contributed by atoms with E-state index < -0.39 is 6.29 Å². The average molecular weight is 318 g/mol. The molecule has 0 fully saturated rings. The van der Waals surface area contributed by atoms with E-state index in [4.69, 9.17) is 19.7 Å². The van der Waals surface area contributed by atoms with Crippen molar-refractivity contribution in [3.05, 3.63) is 60.2 Å². The molecule has 0 radical (unpaired) electrons. The molecule has 0 saturated carbocycles. The highest BCUT2D eigenvalue weighted by Crippen LogP contribution is 2.11. The molecular weight excluding hydrogens is 296 g/mol. The summed E-state index contributed by atoms with van der Waals surface area (Å²) in [7, 11) is 0. The van der Waals surface area contributed by atoms with E-state index in [2.05, 4.69) is 0 Å². The molecule has 2 aromatic carbocycles. The summed E-state index contributed by atoms with van der Waals surface area (Å²) in [6, 6.07) is 15.2. The zero-order valence-electron chi connectivity index (χ0n) is 13.5. The van der Waals surface area contributed by atoms with Crippen LogP contribution >= 0.6 is 0 Å². The van der Waals surface area contributed by atoms with Gasteiger partial charge in [-0.3, -0.25) is 0 Å². The summed E-state index contributed by atoms with van der Waals surface area (Å²) in [6.45, 7) is 5.16. The van der Waals surface area contributed by atoms with Crippen LogP contribution in [0.1, 0.15) is 31.1 Å². The number of aliphatic hydroxyl groups excluding tert-OH is 1. The van der Waals surface area contributed by atoms with Gasteiger partial charge in [0.15, 0.2) is 6.29 Å². The number of hydrogen-bond acceptors (Lipinski definition) is 5. The van der Waals surface area contributed by atoms with E-state index in [1.54, 1.807) is 32.9 Å². The third-order valence-electron chi connectivity index (χ3n) is 2.50. The highest BCUT2D eigenvalue weighted by Gasteiger charge is 2.07. The van der Waals surface area contributed by atoms with E-state index >= 15 is 0 Å². The summed E-state index contributed by atoms with van der Waals surface area (Å²) in [5.41, 5.74) is 0.450. The minimum absolute atomic E-state index is 0.124. The first kappa shape index (κ1) is 18.5. The number of esters is 1. The number of benzene rings is 2. The highest BCUT2D eigenvalue weighted by atomic mass is 16.6. The minimum Gasteiger partial charge on any atom is -0.508 e. The predicted octanol–water partition coefficient (Wildman–Crippen LogP) is 3.36. The van der Waals surface area contributed by atoms with E-state index in [1.165, 1.54) is 24.3 Å². The number of carbonyl (C=O) groups is 1. The molecule has 0 spiro atoms. The Morgan fingerprint density at radius 2 is 1.52 bits per heavy atom. The maximum absolute atomic E-state index is 11.3. The van der Waals surface area contributed by atoms with Crippen LogP contribution in [0.25, 0.3) is 0 Å². The number of carbonyl (C=O) groups excluding carboxylic acids is 1. The number of rotatable bonds is 4. The topological polar surface area (TPSA) is 76.0 Å². The smallest absolute Gasteiger partial charge is 0.338 e. The minimum atomic E-state index is -0.734. The molecule has 23 heavy (non-hydrogen) atoms. The molecule has 2 rings (SSSR count). The van der Waals surface area contributed by atoms with Crippen molar-refractivity contribution in [1.29, 1.82) is 0 Å². The van der Waals surface area contributed by atoms with Crippen LogP contribution in [0.4, 0.5) is 0 Å². The van der Waals surface area contributed by atoms with Crippen molar-refractivity contribution in [2.45, 2.75) is 33.2 Å². The van der Waals surface area contributed by atoms with Gasteiger partial charge < -0.3 is 19.7 Å². The standard InChI is InChI=1S/C10H12O3.C8H10O2/c1-7(2)13-10(12)8-3-5-9(11)6-4-8;1-7(9)10-8-5-3-2-4-6-8/h3-7,11H,1-2H3;2-7,9H,1H3. The first-order valence-corrected chi connectivity index (χ1v) is 7.28. The van der Waals surface area contributed by atoms with Gasteiger partial charge in [0.1, 0.15) is 11.5 Å². The molecule has 0 amide bonds. The first-order chi connectivity index (χ1) is 10.9. The number of hydrogen-bond donors (Lipinski definition) is 2. The molecule has 0 aromatic heterocycles. The van der Waals surface area contributed by atoms with Gasteiger partial charge in [-0.15, -0.1) is 0 Å².